The molecule has 0 fully saturated rings. The van der Waals surface area contributed by atoms with Gasteiger partial charge in [-0.25, -0.2) is 15.0 Å². The van der Waals surface area contributed by atoms with Crippen molar-refractivity contribution in [1.29, 1.82) is 0 Å². The highest BCUT2D eigenvalue weighted by Crippen LogP contribution is 2.42. The first kappa shape index (κ1) is 32.2. The zero-order valence-electron chi connectivity index (χ0n) is 30.1. The van der Waals surface area contributed by atoms with E-state index in [0.717, 1.165) is 55.1 Å². The molecule has 3 heterocycles. The predicted octanol–water partition coefficient (Wildman–Crippen LogP) is 14.1. The van der Waals surface area contributed by atoms with Crippen LogP contribution in [0.5, 0.6) is 0 Å². The number of nitrogens with zero attached hydrogens (tertiary/aromatic N) is 3. The number of hydrogen-bond acceptors (Lipinski definition) is 5. The maximum Gasteiger partial charge on any atom is 0.167 e. The Morgan fingerprint density at radius 2 is 0.857 bits per heavy atom. The van der Waals surface area contributed by atoms with Crippen molar-refractivity contribution in [2.24, 2.45) is 0 Å². The lowest BCUT2D eigenvalue weighted by Gasteiger charge is -2.11. The van der Waals surface area contributed by atoms with Crippen molar-refractivity contribution in [3.05, 3.63) is 188 Å². The molecule has 11 rings (SSSR count). The molecule has 0 spiro atoms. The number of para-hydroxylation sites is 2. The topological polar surface area (TPSA) is 51.8 Å². The number of hydrogen-bond donors (Lipinski definition) is 0. The van der Waals surface area contributed by atoms with E-state index in [9.17, 15) is 0 Å². The van der Waals surface area contributed by atoms with E-state index in [1.165, 1.54) is 37.0 Å². The van der Waals surface area contributed by atoms with Crippen molar-refractivity contribution >= 4 is 53.4 Å². The Balaban J connectivity index is 1.09. The Labute approximate surface area is 327 Å². The summed E-state index contributed by atoms with van der Waals surface area (Å²) in [7, 11) is 0. The van der Waals surface area contributed by atoms with Crippen LogP contribution in [-0.4, -0.2) is 15.0 Å². The van der Waals surface area contributed by atoms with Crippen LogP contribution in [0, 0.1) is 0 Å². The minimum Gasteiger partial charge on any atom is -0.455 e. The number of furan rings is 1. The van der Waals surface area contributed by atoms with E-state index in [0.29, 0.717) is 17.5 Å². The van der Waals surface area contributed by atoms with Crippen LogP contribution < -0.4 is 0 Å². The fraction of sp³-hybridized carbons (Fsp3) is 0. The Kier molecular flexibility index (Phi) is 7.64. The van der Waals surface area contributed by atoms with Crippen LogP contribution in [0.4, 0.5) is 0 Å². The van der Waals surface area contributed by atoms with E-state index >= 15 is 0 Å². The monoisotopic (exact) mass is 733 g/mol. The highest BCUT2D eigenvalue weighted by Gasteiger charge is 2.20. The first-order chi connectivity index (χ1) is 27.7. The minimum absolute atomic E-state index is 0.567. The maximum atomic E-state index is 6.50. The molecule has 262 valence electrons. The maximum absolute atomic E-state index is 6.50. The number of fused-ring (bicyclic) bond motifs is 6. The Bertz CT molecular complexity index is 3220. The van der Waals surface area contributed by atoms with Gasteiger partial charge < -0.3 is 4.42 Å². The summed E-state index contributed by atoms with van der Waals surface area (Å²) in [6.07, 6.45) is 0. The van der Waals surface area contributed by atoms with Crippen LogP contribution in [0.25, 0.3) is 110 Å². The van der Waals surface area contributed by atoms with Gasteiger partial charge >= 0.3 is 0 Å². The van der Waals surface area contributed by atoms with Gasteiger partial charge in [-0.2, -0.15) is 0 Å². The lowest BCUT2D eigenvalue weighted by Crippen LogP contribution is -2.00. The average Bonchev–Trinajstić information content (AvgIpc) is 3.85. The number of benzene rings is 8. The summed E-state index contributed by atoms with van der Waals surface area (Å²) in [6.45, 7) is 0. The van der Waals surface area contributed by atoms with Crippen molar-refractivity contribution in [3.63, 3.8) is 0 Å². The molecular formula is C51H31N3OS. The molecule has 0 radical (unpaired) electrons. The van der Waals surface area contributed by atoms with Crippen LogP contribution in [0.2, 0.25) is 0 Å². The molecule has 0 saturated carbocycles. The molecule has 11 aromatic rings. The summed E-state index contributed by atoms with van der Waals surface area (Å²) in [4.78, 5) is 15.7. The van der Waals surface area contributed by atoms with E-state index in [1.54, 1.807) is 11.3 Å². The highest BCUT2D eigenvalue weighted by atomic mass is 32.1. The van der Waals surface area contributed by atoms with Gasteiger partial charge in [-0.3, -0.25) is 0 Å². The summed E-state index contributed by atoms with van der Waals surface area (Å²) in [5, 5.41) is 4.42. The first-order valence-corrected chi connectivity index (χ1v) is 19.5. The van der Waals surface area contributed by atoms with Gasteiger partial charge in [0.15, 0.2) is 17.5 Å². The highest BCUT2D eigenvalue weighted by molar-refractivity contribution is 7.26. The number of thiophene rings is 1. The summed E-state index contributed by atoms with van der Waals surface area (Å²) >= 11 is 1.79. The van der Waals surface area contributed by atoms with E-state index < -0.39 is 0 Å². The van der Waals surface area contributed by atoms with Crippen molar-refractivity contribution in [1.82, 2.24) is 15.0 Å². The number of aromatic nitrogens is 3. The van der Waals surface area contributed by atoms with Crippen molar-refractivity contribution < 1.29 is 4.42 Å². The third-order valence-corrected chi connectivity index (χ3v) is 11.7. The molecule has 0 aliphatic rings. The molecule has 0 aliphatic carbocycles. The molecule has 0 aliphatic heterocycles. The molecule has 0 N–H and O–H groups in total. The SMILES string of the molecule is c1ccc(-c2ccc(-c3ccc4sc5cccc(-c6nc(-c7ccc(-c8ccccc8)cc7)nc(-c7cccc8c7oc7ccccc78)n6)c5c4c3)cc2)cc1. The third kappa shape index (κ3) is 5.56. The fourth-order valence-corrected chi connectivity index (χ4v) is 8.90. The average molecular weight is 734 g/mol. The molecule has 0 amide bonds. The molecule has 0 bridgehead atoms. The predicted molar refractivity (Wildman–Crippen MR) is 233 cm³/mol. The van der Waals surface area contributed by atoms with E-state index in [2.05, 4.69) is 158 Å². The molecule has 0 atom stereocenters. The Morgan fingerprint density at radius 3 is 1.57 bits per heavy atom. The van der Waals surface area contributed by atoms with Crippen LogP contribution in [0.1, 0.15) is 0 Å². The molecule has 4 nitrogen and oxygen atoms in total. The van der Waals surface area contributed by atoms with Gasteiger partial charge in [0.2, 0.25) is 0 Å². The molecule has 0 unspecified atom stereocenters. The summed E-state index contributed by atoms with van der Waals surface area (Å²) in [5.41, 5.74) is 11.3. The van der Waals surface area contributed by atoms with E-state index in [-0.39, 0.29) is 0 Å². The van der Waals surface area contributed by atoms with E-state index in [4.69, 9.17) is 19.4 Å². The molecule has 56 heavy (non-hydrogen) atoms. The van der Waals surface area contributed by atoms with Gasteiger partial charge in [-0.1, -0.05) is 158 Å². The zero-order valence-corrected chi connectivity index (χ0v) is 30.9. The van der Waals surface area contributed by atoms with Gasteiger partial charge in [0.05, 0.1) is 5.56 Å². The third-order valence-electron chi connectivity index (χ3n) is 10.6. The van der Waals surface area contributed by atoms with Crippen molar-refractivity contribution in [2.45, 2.75) is 0 Å². The quantitative estimate of drug-likeness (QED) is 0.171. The second-order valence-electron chi connectivity index (χ2n) is 14.0. The molecule has 8 aromatic carbocycles. The number of rotatable bonds is 6. The lowest BCUT2D eigenvalue weighted by molar-refractivity contribution is 0.669. The van der Waals surface area contributed by atoms with Crippen molar-refractivity contribution in [2.75, 3.05) is 0 Å². The molecular weight excluding hydrogens is 703 g/mol. The summed E-state index contributed by atoms with van der Waals surface area (Å²) in [6, 6.07) is 65.8. The van der Waals surface area contributed by atoms with Gasteiger partial charge in [-0.05, 0) is 63.7 Å². The standard InChI is InChI=1S/C51H31N3OS/c1-3-11-32(12-4-1)34-21-23-36(24-22-34)38-29-30-45-43(31-38)47-41(17-10-20-46(47)56-45)50-52-49(37-27-25-35(26-28-37)33-13-5-2-6-14-33)53-51(54-50)42-18-9-16-40-39-15-7-8-19-44(39)55-48(40)42/h1-31H. The second kappa shape index (κ2) is 13.3. The summed E-state index contributed by atoms with van der Waals surface area (Å²) < 4.78 is 8.90. The van der Waals surface area contributed by atoms with Crippen LogP contribution in [0.15, 0.2) is 192 Å². The smallest absolute Gasteiger partial charge is 0.167 e. The van der Waals surface area contributed by atoms with Crippen LogP contribution >= 0.6 is 11.3 Å². The molecule has 0 saturated heterocycles. The Morgan fingerprint density at radius 1 is 0.339 bits per heavy atom. The minimum atomic E-state index is 0.567. The largest absolute Gasteiger partial charge is 0.455 e. The van der Waals surface area contributed by atoms with Gasteiger partial charge in [0.25, 0.3) is 0 Å². The van der Waals surface area contributed by atoms with Crippen molar-refractivity contribution in [3.8, 4) is 67.5 Å². The Hall–Kier alpha value is -7.21. The van der Waals surface area contributed by atoms with Gasteiger partial charge in [-0.15, -0.1) is 11.3 Å². The normalized spacial score (nSPS) is 11.6. The van der Waals surface area contributed by atoms with Gasteiger partial charge in [0, 0.05) is 42.1 Å². The summed E-state index contributed by atoms with van der Waals surface area (Å²) in [5.74, 6) is 1.79. The molecule has 5 heteroatoms. The van der Waals surface area contributed by atoms with Crippen LogP contribution in [-0.2, 0) is 0 Å². The fourth-order valence-electron chi connectivity index (χ4n) is 7.79. The second-order valence-corrected chi connectivity index (χ2v) is 15.0. The first-order valence-electron chi connectivity index (χ1n) is 18.7. The van der Waals surface area contributed by atoms with Crippen LogP contribution in [0.3, 0.4) is 0 Å². The zero-order chi connectivity index (χ0) is 37.0. The molecule has 3 aromatic heterocycles. The lowest BCUT2D eigenvalue weighted by atomic mass is 9.98. The van der Waals surface area contributed by atoms with Gasteiger partial charge in [0.1, 0.15) is 11.2 Å². The van der Waals surface area contributed by atoms with E-state index in [1.807, 2.05) is 30.3 Å².